The predicted octanol–water partition coefficient (Wildman–Crippen LogP) is 4.61. The van der Waals surface area contributed by atoms with E-state index >= 15 is 0 Å². The van der Waals surface area contributed by atoms with Gasteiger partial charge in [0.2, 0.25) is 0 Å². The van der Waals surface area contributed by atoms with Crippen molar-refractivity contribution < 1.29 is 19.1 Å². The van der Waals surface area contributed by atoms with Crippen molar-refractivity contribution in [3.63, 3.8) is 0 Å². The molecule has 29 heavy (non-hydrogen) atoms. The Hall–Kier alpha value is -2.53. The number of benzene rings is 2. The van der Waals surface area contributed by atoms with Gasteiger partial charge in [0.15, 0.2) is 5.78 Å². The number of amides is 1. The summed E-state index contributed by atoms with van der Waals surface area (Å²) in [6.45, 7) is 4.98. The van der Waals surface area contributed by atoms with Crippen LogP contribution in [0.5, 0.6) is 11.5 Å². The van der Waals surface area contributed by atoms with E-state index in [0.29, 0.717) is 60.0 Å². The molecule has 2 aliphatic rings. The molecule has 2 aromatic carbocycles. The first kappa shape index (κ1) is 19.8. The molecule has 4 rings (SSSR count). The predicted molar refractivity (Wildman–Crippen MR) is 111 cm³/mol. The summed E-state index contributed by atoms with van der Waals surface area (Å²) in [5, 5.41) is 0.492. The molecule has 0 N–H and O–H groups in total. The number of hydrogen-bond donors (Lipinski definition) is 0. The number of carbonyl (C=O) groups excluding carboxylic acids is 2. The molecular formula is C23H24ClNO4. The smallest absolute Gasteiger partial charge is 0.257 e. The summed E-state index contributed by atoms with van der Waals surface area (Å²) in [5.74, 6) is 1.19. The lowest BCUT2D eigenvalue weighted by molar-refractivity contribution is -0.00586. The van der Waals surface area contributed by atoms with Crippen LogP contribution >= 0.6 is 11.6 Å². The minimum absolute atomic E-state index is 0.117. The van der Waals surface area contributed by atoms with Gasteiger partial charge in [0.05, 0.1) is 24.7 Å². The molecule has 0 radical (unpaired) electrons. The molecule has 0 aromatic heterocycles. The van der Waals surface area contributed by atoms with Crippen LogP contribution in [0, 0.1) is 13.8 Å². The maximum atomic E-state index is 13.0. The zero-order chi connectivity index (χ0) is 20.8. The molecule has 1 fully saturated rings. The van der Waals surface area contributed by atoms with Crippen molar-refractivity contribution in [2.24, 2.45) is 0 Å². The van der Waals surface area contributed by atoms with Gasteiger partial charge in [0.1, 0.15) is 17.1 Å². The molecule has 1 saturated heterocycles. The highest BCUT2D eigenvalue weighted by atomic mass is 35.5. The Morgan fingerprint density at radius 2 is 1.90 bits per heavy atom. The first-order valence-electron chi connectivity index (χ1n) is 9.78. The number of fused-ring (bicyclic) bond motifs is 1. The van der Waals surface area contributed by atoms with Crippen LogP contribution in [0.4, 0.5) is 0 Å². The van der Waals surface area contributed by atoms with Crippen molar-refractivity contribution in [1.82, 2.24) is 4.90 Å². The molecule has 2 aromatic rings. The number of methoxy groups -OCH3 is 1. The van der Waals surface area contributed by atoms with Crippen LogP contribution in [-0.2, 0) is 0 Å². The highest BCUT2D eigenvalue weighted by molar-refractivity contribution is 6.31. The number of carbonyl (C=O) groups is 2. The highest BCUT2D eigenvalue weighted by Crippen LogP contribution is 2.41. The number of rotatable bonds is 2. The number of halogens is 1. The van der Waals surface area contributed by atoms with Crippen LogP contribution in [0.3, 0.4) is 0 Å². The van der Waals surface area contributed by atoms with E-state index in [4.69, 9.17) is 21.1 Å². The van der Waals surface area contributed by atoms with E-state index in [1.807, 2.05) is 26.0 Å². The standard InChI is InChI=1S/C23H24ClNO4/c1-14-10-15(2)21-18(26)13-23(29-20(21)11-14)6-8-25(9-7-23)22(27)17-12-16(24)4-5-19(17)28-3/h4-5,10-12H,6-9,13H2,1-3H3. The normalized spacial score (nSPS) is 17.7. The molecule has 0 atom stereocenters. The van der Waals surface area contributed by atoms with Gasteiger partial charge in [-0.05, 0) is 49.2 Å². The van der Waals surface area contributed by atoms with Crippen LogP contribution in [0.25, 0.3) is 0 Å². The van der Waals surface area contributed by atoms with Crippen LogP contribution in [0.2, 0.25) is 5.02 Å². The van der Waals surface area contributed by atoms with E-state index < -0.39 is 5.60 Å². The summed E-state index contributed by atoms with van der Waals surface area (Å²) in [6.07, 6.45) is 1.58. The quantitative estimate of drug-likeness (QED) is 0.721. The van der Waals surface area contributed by atoms with Gasteiger partial charge in [-0.25, -0.2) is 0 Å². The van der Waals surface area contributed by atoms with Gasteiger partial charge in [-0.2, -0.15) is 0 Å². The van der Waals surface area contributed by atoms with Crippen LogP contribution in [0.15, 0.2) is 30.3 Å². The number of aryl methyl sites for hydroxylation is 2. The second-order valence-corrected chi connectivity index (χ2v) is 8.41. The van der Waals surface area contributed by atoms with Crippen molar-refractivity contribution >= 4 is 23.3 Å². The zero-order valence-electron chi connectivity index (χ0n) is 16.9. The van der Waals surface area contributed by atoms with E-state index in [1.165, 1.54) is 7.11 Å². The minimum atomic E-state index is -0.542. The first-order chi connectivity index (χ1) is 13.8. The number of ether oxygens (including phenoxy) is 2. The van der Waals surface area contributed by atoms with Crippen molar-refractivity contribution in [3.05, 3.63) is 57.6 Å². The Morgan fingerprint density at radius 3 is 2.59 bits per heavy atom. The molecular weight excluding hydrogens is 390 g/mol. The summed E-state index contributed by atoms with van der Waals surface area (Å²) in [7, 11) is 1.54. The van der Waals surface area contributed by atoms with Gasteiger partial charge in [0.25, 0.3) is 5.91 Å². The van der Waals surface area contributed by atoms with Gasteiger partial charge >= 0.3 is 0 Å². The Kier molecular flexibility index (Phi) is 5.03. The molecule has 5 nitrogen and oxygen atoms in total. The molecule has 1 spiro atoms. The van der Waals surface area contributed by atoms with E-state index in [-0.39, 0.29) is 11.7 Å². The number of nitrogens with zero attached hydrogens (tertiary/aromatic N) is 1. The molecule has 152 valence electrons. The lowest BCUT2D eigenvalue weighted by Gasteiger charge is -2.44. The van der Waals surface area contributed by atoms with E-state index in [0.717, 1.165) is 11.1 Å². The molecule has 6 heteroatoms. The average molecular weight is 414 g/mol. The lowest BCUT2D eigenvalue weighted by Crippen LogP contribution is -2.52. The molecule has 0 bridgehead atoms. The Balaban J connectivity index is 1.53. The van der Waals surface area contributed by atoms with Gasteiger partial charge in [0, 0.05) is 31.0 Å². The number of ketones is 1. The summed E-state index contributed by atoms with van der Waals surface area (Å²) in [4.78, 5) is 27.7. The average Bonchev–Trinajstić information content (AvgIpc) is 2.67. The Bertz CT molecular complexity index is 993. The number of hydrogen-bond acceptors (Lipinski definition) is 4. The summed E-state index contributed by atoms with van der Waals surface area (Å²) < 4.78 is 11.7. The fourth-order valence-corrected chi connectivity index (χ4v) is 4.60. The zero-order valence-corrected chi connectivity index (χ0v) is 17.6. The van der Waals surface area contributed by atoms with Crippen LogP contribution < -0.4 is 9.47 Å². The second kappa shape index (κ2) is 7.38. The highest BCUT2D eigenvalue weighted by Gasteiger charge is 2.44. The van der Waals surface area contributed by atoms with E-state index in [1.54, 1.807) is 23.1 Å². The van der Waals surface area contributed by atoms with Crippen LogP contribution in [-0.4, -0.2) is 42.4 Å². The summed E-state index contributed by atoms with van der Waals surface area (Å²) in [5.41, 5.74) is 2.64. The minimum Gasteiger partial charge on any atom is -0.496 e. The third-order valence-electron chi connectivity index (χ3n) is 5.89. The Labute approximate surface area is 175 Å². The topological polar surface area (TPSA) is 55.8 Å². The number of Topliss-reactive ketones (excluding diaryl/α,β-unsaturated/α-hetero) is 1. The van der Waals surface area contributed by atoms with Crippen molar-refractivity contribution in [2.45, 2.75) is 38.7 Å². The monoisotopic (exact) mass is 413 g/mol. The second-order valence-electron chi connectivity index (χ2n) is 7.98. The number of piperidine rings is 1. The van der Waals surface area contributed by atoms with Gasteiger partial charge < -0.3 is 14.4 Å². The molecule has 1 amide bonds. The third-order valence-corrected chi connectivity index (χ3v) is 6.12. The maximum Gasteiger partial charge on any atom is 0.257 e. The Morgan fingerprint density at radius 1 is 1.17 bits per heavy atom. The maximum absolute atomic E-state index is 13.0. The molecule has 2 heterocycles. The summed E-state index contributed by atoms with van der Waals surface area (Å²) >= 11 is 6.08. The fraction of sp³-hybridized carbons (Fsp3) is 0.391. The lowest BCUT2D eigenvalue weighted by atomic mass is 9.81. The largest absolute Gasteiger partial charge is 0.496 e. The fourth-order valence-electron chi connectivity index (χ4n) is 4.43. The summed E-state index contributed by atoms with van der Waals surface area (Å²) in [6, 6.07) is 8.99. The molecule has 2 aliphatic heterocycles. The molecule has 0 aliphatic carbocycles. The third kappa shape index (κ3) is 3.60. The first-order valence-corrected chi connectivity index (χ1v) is 10.2. The van der Waals surface area contributed by atoms with Gasteiger partial charge in [-0.1, -0.05) is 17.7 Å². The van der Waals surface area contributed by atoms with Crippen molar-refractivity contribution in [1.29, 1.82) is 0 Å². The van der Waals surface area contributed by atoms with Crippen molar-refractivity contribution in [3.8, 4) is 11.5 Å². The van der Waals surface area contributed by atoms with Crippen LogP contribution in [0.1, 0.15) is 51.1 Å². The van der Waals surface area contributed by atoms with E-state index in [9.17, 15) is 9.59 Å². The van der Waals surface area contributed by atoms with Crippen molar-refractivity contribution in [2.75, 3.05) is 20.2 Å². The molecule has 0 saturated carbocycles. The van der Waals surface area contributed by atoms with Gasteiger partial charge in [-0.15, -0.1) is 0 Å². The van der Waals surface area contributed by atoms with Gasteiger partial charge in [-0.3, -0.25) is 9.59 Å². The van der Waals surface area contributed by atoms with E-state index in [2.05, 4.69) is 0 Å². The SMILES string of the molecule is COc1ccc(Cl)cc1C(=O)N1CCC2(CC1)CC(=O)c1c(C)cc(C)cc1O2. The number of likely N-dealkylation sites (tertiary alicyclic amines) is 1. The molecule has 0 unspecified atom stereocenters.